The minimum absolute atomic E-state index is 0.00549. The van der Waals surface area contributed by atoms with E-state index in [1.807, 2.05) is 0 Å². The molecule has 0 N–H and O–H groups in total. The molecule has 0 spiro atoms. The van der Waals surface area contributed by atoms with E-state index in [1.165, 1.54) is 30.7 Å². The third kappa shape index (κ3) is 3.83. The molecule has 1 aromatic carbocycles. The summed E-state index contributed by atoms with van der Waals surface area (Å²) in [5.41, 5.74) is 0. The first-order valence-electron chi connectivity index (χ1n) is 8.43. The van der Waals surface area contributed by atoms with Crippen molar-refractivity contribution in [3.05, 3.63) is 18.2 Å². The Kier molecular flexibility index (Phi) is 5.48. The van der Waals surface area contributed by atoms with E-state index < -0.39 is 19.9 Å². The van der Waals surface area contributed by atoms with Crippen molar-refractivity contribution in [1.82, 2.24) is 9.21 Å². The van der Waals surface area contributed by atoms with E-state index in [0.717, 1.165) is 0 Å². The first kappa shape index (κ1) is 19.4. The number of nitrogens with zero attached hydrogens (tertiary/aromatic N) is 2. The molecule has 3 rings (SSSR count). The van der Waals surface area contributed by atoms with Gasteiger partial charge in [-0.15, -0.1) is 0 Å². The van der Waals surface area contributed by atoms with Crippen LogP contribution in [0.1, 0.15) is 6.42 Å². The van der Waals surface area contributed by atoms with E-state index in [9.17, 15) is 16.8 Å². The van der Waals surface area contributed by atoms with Gasteiger partial charge in [0.25, 0.3) is 0 Å². The van der Waals surface area contributed by atoms with Crippen LogP contribution in [-0.2, 0) is 19.9 Å². The zero-order valence-corrected chi connectivity index (χ0v) is 16.6. The van der Waals surface area contributed by atoms with Crippen molar-refractivity contribution < 1.29 is 26.3 Å². The van der Waals surface area contributed by atoms with Crippen molar-refractivity contribution in [1.29, 1.82) is 0 Å². The molecule has 0 bridgehead atoms. The van der Waals surface area contributed by atoms with Crippen LogP contribution in [0, 0.1) is 0 Å². The highest BCUT2D eigenvalue weighted by molar-refractivity contribution is 7.91. The summed E-state index contributed by atoms with van der Waals surface area (Å²) in [7, 11) is -3.62. The van der Waals surface area contributed by atoms with Crippen molar-refractivity contribution in [3.63, 3.8) is 0 Å². The van der Waals surface area contributed by atoms with Gasteiger partial charge in [0.2, 0.25) is 10.0 Å². The van der Waals surface area contributed by atoms with Crippen LogP contribution in [0.5, 0.6) is 11.5 Å². The molecule has 2 aliphatic rings. The number of rotatable bonds is 5. The number of piperazine rings is 1. The van der Waals surface area contributed by atoms with E-state index in [1.54, 1.807) is 6.07 Å². The number of benzene rings is 1. The van der Waals surface area contributed by atoms with E-state index in [-0.39, 0.29) is 22.4 Å². The first-order valence-corrected chi connectivity index (χ1v) is 11.7. The normalized spacial score (nSPS) is 24.5. The molecule has 2 saturated heterocycles. The van der Waals surface area contributed by atoms with Crippen molar-refractivity contribution >= 4 is 19.9 Å². The molecule has 26 heavy (non-hydrogen) atoms. The van der Waals surface area contributed by atoms with Crippen LogP contribution in [0.15, 0.2) is 23.1 Å². The summed E-state index contributed by atoms with van der Waals surface area (Å²) in [4.78, 5) is 2.25. The minimum Gasteiger partial charge on any atom is -0.493 e. The molecule has 1 atom stereocenters. The molecule has 0 aliphatic carbocycles. The Bertz CT molecular complexity index is 861. The summed E-state index contributed by atoms with van der Waals surface area (Å²) in [5.74, 6) is 1.24. The lowest BCUT2D eigenvalue weighted by atomic mass is 10.2. The standard InChI is InChI=1S/C16H24N2O6S2/c1-23-15-4-3-14(11-16(15)24-2)26(21,22)18-8-6-17(7-9-18)13-5-10-25(19,20)12-13/h3-4,11,13H,5-10,12H2,1-2H3/t13-/m0/s1. The first-order chi connectivity index (χ1) is 12.3. The van der Waals surface area contributed by atoms with Crippen LogP contribution >= 0.6 is 0 Å². The van der Waals surface area contributed by atoms with Gasteiger partial charge in [-0.1, -0.05) is 0 Å². The Balaban J connectivity index is 1.70. The molecular weight excluding hydrogens is 380 g/mol. The van der Waals surface area contributed by atoms with Gasteiger partial charge in [-0.05, 0) is 18.6 Å². The minimum atomic E-state index is -3.64. The SMILES string of the molecule is COc1ccc(S(=O)(=O)N2CCN([C@H]3CCS(=O)(=O)C3)CC2)cc1OC. The highest BCUT2D eigenvalue weighted by Crippen LogP contribution is 2.31. The molecule has 0 unspecified atom stereocenters. The molecule has 10 heteroatoms. The highest BCUT2D eigenvalue weighted by Gasteiger charge is 2.36. The van der Waals surface area contributed by atoms with Crippen LogP contribution in [0.3, 0.4) is 0 Å². The van der Waals surface area contributed by atoms with Crippen LogP contribution in [0.2, 0.25) is 0 Å². The lowest BCUT2D eigenvalue weighted by Gasteiger charge is -2.37. The molecule has 8 nitrogen and oxygen atoms in total. The Morgan fingerprint density at radius 1 is 1.04 bits per heavy atom. The highest BCUT2D eigenvalue weighted by atomic mass is 32.2. The molecule has 0 amide bonds. The van der Waals surface area contributed by atoms with Gasteiger partial charge in [-0.25, -0.2) is 16.8 Å². The van der Waals surface area contributed by atoms with Gasteiger partial charge in [0.05, 0.1) is 30.6 Å². The van der Waals surface area contributed by atoms with Crippen molar-refractivity contribution in [2.24, 2.45) is 0 Å². The number of hydrogen-bond donors (Lipinski definition) is 0. The zero-order chi connectivity index (χ0) is 18.9. The fraction of sp³-hybridized carbons (Fsp3) is 0.625. The molecular formula is C16H24N2O6S2. The van der Waals surface area contributed by atoms with Crippen LogP contribution in [-0.4, -0.2) is 84.0 Å². The Morgan fingerprint density at radius 2 is 1.69 bits per heavy atom. The smallest absolute Gasteiger partial charge is 0.243 e. The molecule has 1 aromatic rings. The van der Waals surface area contributed by atoms with Crippen LogP contribution in [0.4, 0.5) is 0 Å². The monoisotopic (exact) mass is 404 g/mol. The summed E-state index contributed by atoms with van der Waals surface area (Å²) < 4.78 is 60.9. The van der Waals surface area contributed by atoms with Gasteiger partial charge in [-0.3, -0.25) is 4.90 Å². The maximum atomic E-state index is 12.9. The predicted molar refractivity (Wildman–Crippen MR) is 96.9 cm³/mol. The number of sulfone groups is 1. The summed E-state index contributed by atoms with van der Waals surface area (Å²) in [6.45, 7) is 1.75. The Labute approximate surface area is 154 Å². The molecule has 0 radical (unpaired) electrons. The van der Waals surface area contributed by atoms with Crippen molar-refractivity contribution in [2.45, 2.75) is 17.4 Å². The third-order valence-corrected chi connectivity index (χ3v) is 8.64. The molecule has 2 heterocycles. The average Bonchev–Trinajstić information content (AvgIpc) is 3.01. The second-order valence-electron chi connectivity index (χ2n) is 6.51. The maximum Gasteiger partial charge on any atom is 0.243 e. The number of ether oxygens (including phenoxy) is 2. The summed E-state index contributed by atoms with van der Waals surface area (Å²) in [5, 5.41) is 0. The van der Waals surface area contributed by atoms with E-state index in [4.69, 9.17) is 9.47 Å². The number of sulfonamides is 1. The van der Waals surface area contributed by atoms with E-state index in [0.29, 0.717) is 44.1 Å². The molecule has 146 valence electrons. The lowest BCUT2D eigenvalue weighted by Crippen LogP contribution is -2.52. The molecule has 2 fully saturated rings. The largest absolute Gasteiger partial charge is 0.493 e. The van der Waals surface area contributed by atoms with Gasteiger partial charge < -0.3 is 9.47 Å². The predicted octanol–water partition coefficient (Wildman–Crippen LogP) is 0.197. The van der Waals surface area contributed by atoms with Crippen molar-refractivity contribution in [3.8, 4) is 11.5 Å². The fourth-order valence-electron chi connectivity index (χ4n) is 3.50. The van der Waals surface area contributed by atoms with Gasteiger partial charge in [0.15, 0.2) is 21.3 Å². The fourth-order valence-corrected chi connectivity index (χ4v) is 6.70. The summed E-state index contributed by atoms with van der Waals surface area (Å²) >= 11 is 0. The molecule has 0 saturated carbocycles. The van der Waals surface area contributed by atoms with E-state index >= 15 is 0 Å². The van der Waals surface area contributed by atoms with Crippen LogP contribution < -0.4 is 9.47 Å². The van der Waals surface area contributed by atoms with Gasteiger partial charge in [0.1, 0.15) is 0 Å². The van der Waals surface area contributed by atoms with Crippen LogP contribution in [0.25, 0.3) is 0 Å². The Morgan fingerprint density at radius 3 is 2.23 bits per heavy atom. The second-order valence-corrected chi connectivity index (χ2v) is 10.7. The summed E-state index contributed by atoms with van der Waals surface area (Å²) in [6.07, 6.45) is 0.630. The number of hydrogen-bond acceptors (Lipinski definition) is 7. The zero-order valence-electron chi connectivity index (χ0n) is 14.9. The second kappa shape index (κ2) is 7.34. The Hall–Kier alpha value is -1.36. The third-order valence-electron chi connectivity index (χ3n) is 4.99. The summed E-state index contributed by atoms with van der Waals surface area (Å²) in [6, 6.07) is 4.55. The van der Waals surface area contributed by atoms with Crippen molar-refractivity contribution in [2.75, 3.05) is 51.9 Å². The lowest BCUT2D eigenvalue weighted by molar-refractivity contribution is 0.148. The molecule has 2 aliphatic heterocycles. The quantitative estimate of drug-likeness (QED) is 0.692. The van der Waals surface area contributed by atoms with Gasteiger partial charge >= 0.3 is 0 Å². The average molecular weight is 405 g/mol. The topological polar surface area (TPSA) is 93.2 Å². The van der Waals surface area contributed by atoms with Gasteiger partial charge in [0, 0.05) is 38.3 Å². The maximum absolute atomic E-state index is 12.9. The molecule has 0 aromatic heterocycles. The van der Waals surface area contributed by atoms with Gasteiger partial charge in [-0.2, -0.15) is 4.31 Å². The van der Waals surface area contributed by atoms with E-state index in [2.05, 4.69) is 4.90 Å². The number of methoxy groups -OCH3 is 2.